The summed E-state index contributed by atoms with van der Waals surface area (Å²) in [5.74, 6) is 0.0827. The number of hydrogen-bond donors (Lipinski definition) is 1. The zero-order valence-corrected chi connectivity index (χ0v) is 17.1. The maximum absolute atomic E-state index is 12.0. The van der Waals surface area contributed by atoms with Gasteiger partial charge < -0.3 is 14.6 Å². The van der Waals surface area contributed by atoms with Crippen LogP contribution in [0, 0.1) is 32.8 Å². The van der Waals surface area contributed by atoms with Crippen LogP contribution >= 0.6 is 0 Å². The zero-order valence-electron chi connectivity index (χ0n) is 17.1. The number of nitrogens with one attached hydrogen (secondary N) is 1. The first-order valence-corrected chi connectivity index (χ1v) is 10.0. The zero-order chi connectivity index (χ0) is 22.9. The van der Waals surface area contributed by atoms with Gasteiger partial charge in [0.25, 0.3) is 0 Å². The molecule has 1 aliphatic heterocycles. The molecule has 33 heavy (non-hydrogen) atoms. The highest BCUT2D eigenvalue weighted by atomic mass is 16.6. The number of nitro groups is 1. The quantitative estimate of drug-likeness (QED) is 0.373. The van der Waals surface area contributed by atoms with Crippen LogP contribution in [0.2, 0.25) is 0 Å². The van der Waals surface area contributed by atoms with Gasteiger partial charge in [-0.15, -0.1) is 0 Å². The summed E-state index contributed by atoms with van der Waals surface area (Å²) in [6.07, 6.45) is 1.92. The predicted molar refractivity (Wildman–Crippen MR) is 118 cm³/mol. The Morgan fingerprint density at radius 3 is 2.73 bits per heavy atom. The van der Waals surface area contributed by atoms with Gasteiger partial charge >= 0.3 is 11.6 Å². The van der Waals surface area contributed by atoms with Gasteiger partial charge in [0.15, 0.2) is 0 Å². The molecule has 0 spiro atoms. The summed E-state index contributed by atoms with van der Waals surface area (Å²) in [6.45, 7) is 0.971. The predicted octanol–water partition coefficient (Wildman–Crippen LogP) is 3.96. The van der Waals surface area contributed by atoms with Crippen molar-refractivity contribution in [1.82, 2.24) is 15.0 Å². The van der Waals surface area contributed by atoms with Crippen LogP contribution in [-0.4, -0.2) is 26.4 Å². The lowest BCUT2D eigenvalue weighted by Gasteiger charge is -2.27. The van der Waals surface area contributed by atoms with E-state index in [9.17, 15) is 15.4 Å². The average Bonchev–Trinajstić information content (AvgIpc) is 3.21. The lowest BCUT2D eigenvalue weighted by Crippen LogP contribution is -2.31. The minimum absolute atomic E-state index is 0.106. The molecule has 0 aliphatic carbocycles. The molecule has 0 unspecified atom stereocenters. The third-order valence-corrected chi connectivity index (χ3v) is 5.58. The molecule has 0 amide bonds. The van der Waals surface area contributed by atoms with E-state index in [-0.39, 0.29) is 34.3 Å². The van der Waals surface area contributed by atoms with Crippen LogP contribution in [0.5, 0.6) is 11.6 Å². The molecule has 3 heterocycles. The number of fused-ring (bicyclic) bond motifs is 3. The van der Waals surface area contributed by atoms with Gasteiger partial charge in [0.2, 0.25) is 5.82 Å². The van der Waals surface area contributed by atoms with E-state index in [1.54, 1.807) is 0 Å². The molecule has 5 rings (SSSR count). The Kier molecular flexibility index (Phi) is 4.81. The minimum atomic E-state index is -0.569. The molecule has 0 atom stereocenters. The molecular formula is C23H15N7O3. The average molecular weight is 437 g/mol. The molecule has 4 aromatic rings. The fourth-order valence-electron chi connectivity index (χ4n) is 4.08. The normalized spacial score (nSPS) is 12.6. The molecule has 0 fully saturated rings. The Hall–Kier alpha value is -4.96. The molecule has 2 aromatic carbocycles. The molecule has 10 nitrogen and oxygen atoms in total. The van der Waals surface area contributed by atoms with E-state index in [4.69, 9.17) is 10.00 Å². The third-order valence-electron chi connectivity index (χ3n) is 5.58. The molecule has 0 bridgehead atoms. The van der Waals surface area contributed by atoms with Crippen LogP contribution in [0.1, 0.15) is 22.4 Å². The minimum Gasteiger partial charge on any atom is -0.433 e. The fraction of sp³-hybridized carbons (Fsp3) is 0.130. The number of benzene rings is 2. The van der Waals surface area contributed by atoms with Crippen molar-refractivity contribution in [1.29, 1.82) is 10.5 Å². The van der Waals surface area contributed by atoms with Gasteiger partial charge in [-0.1, -0.05) is 18.2 Å². The summed E-state index contributed by atoms with van der Waals surface area (Å²) >= 11 is 0. The van der Waals surface area contributed by atoms with E-state index in [0.29, 0.717) is 19.5 Å². The van der Waals surface area contributed by atoms with Crippen molar-refractivity contribution in [3.05, 3.63) is 81.3 Å². The Labute approximate surface area is 187 Å². The lowest BCUT2D eigenvalue weighted by atomic mass is 10.0. The van der Waals surface area contributed by atoms with Crippen LogP contribution in [-0.2, 0) is 13.0 Å². The fourth-order valence-corrected chi connectivity index (χ4v) is 4.08. The van der Waals surface area contributed by atoms with Gasteiger partial charge in [-0.2, -0.15) is 15.5 Å². The van der Waals surface area contributed by atoms with E-state index in [1.165, 1.54) is 30.1 Å². The van der Waals surface area contributed by atoms with E-state index in [1.807, 2.05) is 35.2 Å². The molecule has 0 saturated carbocycles. The van der Waals surface area contributed by atoms with Crippen LogP contribution < -0.4 is 9.64 Å². The van der Waals surface area contributed by atoms with Crippen molar-refractivity contribution in [2.75, 3.05) is 11.4 Å². The number of aromatic amines is 1. The number of aromatic nitrogens is 3. The highest BCUT2D eigenvalue weighted by molar-refractivity contribution is 5.85. The smallest absolute Gasteiger partial charge is 0.373 e. The third kappa shape index (κ3) is 3.46. The number of anilines is 1. The monoisotopic (exact) mass is 437 g/mol. The summed E-state index contributed by atoms with van der Waals surface area (Å²) in [5.41, 5.74) is 3.15. The number of H-pyrrole nitrogens is 1. The largest absolute Gasteiger partial charge is 0.433 e. The molecule has 10 heteroatoms. The van der Waals surface area contributed by atoms with Crippen molar-refractivity contribution in [2.24, 2.45) is 0 Å². The van der Waals surface area contributed by atoms with E-state index < -0.39 is 4.92 Å². The molecule has 0 radical (unpaired) electrons. The van der Waals surface area contributed by atoms with Crippen molar-refractivity contribution >= 4 is 22.4 Å². The lowest BCUT2D eigenvalue weighted by molar-refractivity contribution is -0.385. The number of para-hydroxylation sites is 1. The maximum atomic E-state index is 12.0. The van der Waals surface area contributed by atoms with Gasteiger partial charge in [-0.05, 0) is 36.2 Å². The first-order valence-electron chi connectivity index (χ1n) is 10.0. The van der Waals surface area contributed by atoms with Crippen LogP contribution in [0.4, 0.5) is 11.5 Å². The highest BCUT2D eigenvalue weighted by Gasteiger charge is 2.31. The second-order valence-corrected chi connectivity index (χ2v) is 7.44. The standard InChI is InChI=1S/C23H15N7O3/c24-10-14-5-6-16(9-15(14)11-25)33-23-21(30(31)32)22(26-13-27-23)29-8-7-18-17-3-1-2-4-19(17)28-20(18)12-29/h1-6,9,13,28H,7-8,12H2. The first-order chi connectivity index (χ1) is 16.1. The van der Waals surface area contributed by atoms with Crippen molar-refractivity contribution in [3.63, 3.8) is 0 Å². The summed E-state index contributed by atoms with van der Waals surface area (Å²) in [6, 6.07) is 16.1. The maximum Gasteiger partial charge on any atom is 0.373 e. The summed E-state index contributed by atoms with van der Waals surface area (Å²) < 4.78 is 5.67. The van der Waals surface area contributed by atoms with Crippen LogP contribution in [0.3, 0.4) is 0 Å². The Bertz CT molecular complexity index is 1500. The Morgan fingerprint density at radius 1 is 1.12 bits per heavy atom. The number of hydrogen-bond acceptors (Lipinski definition) is 8. The summed E-state index contributed by atoms with van der Waals surface area (Å²) in [5, 5.41) is 31.5. The SMILES string of the molecule is N#Cc1ccc(Oc2ncnc(N3CCc4c([nH]c5ccccc45)C3)c2[N+](=O)[O-])cc1C#N. The molecule has 1 N–H and O–H groups in total. The molecule has 2 aromatic heterocycles. The van der Waals surface area contributed by atoms with Gasteiger partial charge in [0.1, 0.15) is 24.2 Å². The second kappa shape index (κ2) is 7.94. The van der Waals surface area contributed by atoms with E-state index in [0.717, 1.165) is 16.6 Å². The van der Waals surface area contributed by atoms with Gasteiger partial charge in [-0.25, -0.2) is 4.98 Å². The van der Waals surface area contributed by atoms with Crippen molar-refractivity contribution < 1.29 is 9.66 Å². The summed E-state index contributed by atoms with van der Waals surface area (Å²) in [4.78, 5) is 24.8. The van der Waals surface area contributed by atoms with E-state index in [2.05, 4.69) is 21.0 Å². The number of rotatable bonds is 4. The number of nitrogens with zero attached hydrogens (tertiary/aromatic N) is 6. The van der Waals surface area contributed by atoms with E-state index >= 15 is 0 Å². The van der Waals surface area contributed by atoms with Gasteiger partial charge in [0, 0.05) is 23.1 Å². The molecule has 160 valence electrons. The van der Waals surface area contributed by atoms with Gasteiger partial charge in [-0.3, -0.25) is 10.1 Å². The van der Waals surface area contributed by atoms with Crippen molar-refractivity contribution in [3.8, 4) is 23.8 Å². The highest BCUT2D eigenvalue weighted by Crippen LogP contribution is 2.38. The molecule has 1 aliphatic rings. The second-order valence-electron chi connectivity index (χ2n) is 7.44. The topological polar surface area (TPSA) is 145 Å². The number of ether oxygens (including phenoxy) is 1. The van der Waals surface area contributed by atoms with Crippen molar-refractivity contribution in [2.45, 2.75) is 13.0 Å². The summed E-state index contributed by atoms with van der Waals surface area (Å²) in [7, 11) is 0. The Morgan fingerprint density at radius 2 is 1.94 bits per heavy atom. The van der Waals surface area contributed by atoms with Gasteiger partial charge in [0.05, 0.1) is 22.6 Å². The Balaban J connectivity index is 1.51. The van der Waals surface area contributed by atoms with Crippen LogP contribution in [0.25, 0.3) is 10.9 Å². The van der Waals surface area contributed by atoms with Crippen LogP contribution in [0.15, 0.2) is 48.8 Å². The first kappa shape index (κ1) is 20.0. The molecular weight excluding hydrogens is 422 g/mol. The number of nitriles is 2. The molecule has 0 saturated heterocycles.